The van der Waals surface area contributed by atoms with Crippen molar-refractivity contribution in [2.24, 2.45) is 39.9 Å². The molecule has 164 valence electrons. The minimum Gasteiger partial charge on any atom is -0.472 e. The molecule has 3 aliphatic carbocycles. The third kappa shape index (κ3) is 3.73. The van der Waals surface area contributed by atoms with Crippen LogP contribution >= 0.6 is 0 Å². The highest BCUT2D eigenvalue weighted by atomic mass is 16.3. The summed E-state index contributed by atoms with van der Waals surface area (Å²) in [7, 11) is 0. The quantitative estimate of drug-likeness (QED) is 0.545. The fourth-order valence-corrected chi connectivity index (χ4v) is 8.93. The topological polar surface area (TPSA) is 33.4 Å². The molecule has 3 saturated carbocycles. The molecule has 0 aromatic carbocycles. The van der Waals surface area contributed by atoms with Crippen LogP contribution in [-0.4, -0.2) is 11.7 Å². The first-order valence-corrected chi connectivity index (χ1v) is 12.4. The lowest BCUT2D eigenvalue weighted by atomic mass is 9.38. The molecule has 0 spiro atoms. The molecule has 1 aromatic heterocycles. The normalized spacial score (nSPS) is 41.6. The fourth-order valence-electron chi connectivity index (χ4n) is 8.93. The van der Waals surface area contributed by atoms with Crippen molar-refractivity contribution >= 4 is 0 Å². The van der Waals surface area contributed by atoms with E-state index in [-0.39, 0.29) is 0 Å². The van der Waals surface area contributed by atoms with Crippen LogP contribution in [0.5, 0.6) is 0 Å². The molecule has 29 heavy (non-hydrogen) atoms. The van der Waals surface area contributed by atoms with Gasteiger partial charge in [0.2, 0.25) is 0 Å². The maximum atomic E-state index is 9.50. The summed E-state index contributed by atoms with van der Waals surface area (Å²) in [5.74, 6) is 3.33. The summed E-state index contributed by atoms with van der Waals surface area (Å²) >= 11 is 0. The third-order valence-electron chi connectivity index (χ3n) is 10.1. The van der Waals surface area contributed by atoms with Gasteiger partial charge >= 0.3 is 0 Å². The molecule has 0 radical (unpaired) electrons. The van der Waals surface area contributed by atoms with Crippen molar-refractivity contribution in [3.63, 3.8) is 0 Å². The van der Waals surface area contributed by atoms with Crippen LogP contribution in [0.3, 0.4) is 0 Å². The van der Waals surface area contributed by atoms with E-state index in [2.05, 4.69) is 33.8 Å². The number of fused-ring (bicyclic) bond motifs is 3. The summed E-state index contributed by atoms with van der Waals surface area (Å²) < 4.78 is 5.35. The van der Waals surface area contributed by atoms with Gasteiger partial charge in [-0.25, -0.2) is 0 Å². The second-order valence-electron chi connectivity index (χ2n) is 12.0. The van der Waals surface area contributed by atoms with Crippen molar-refractivity contribution in [2.75, 3.05) is 6.61 Å². The van der Waals surface area contributed by atoms with Gasteiger partial charge in [0, 0.05) is 6.61 Å². The molecule has 1 heterocycles. The van der Waals surface area contributed by atoms with Gasteiger partial charge in [-0.1, -0.05) is 34.1 Å². The van der Waals surface area contributed by atoms with E-state index in [1.807, 2.05) is 12.5 Å². The number of hydrogen-bond acceptors (Lipinski definition) is 2. The maximum Gasteiger partial charge on any atom is 0.0934 e. The van der Waals surface area contributed by atoms with Crippen LogP contribution in [-0.2, 0) is 6.42 Å². The van der Waals surface area contributed by atoms with Crippen molar-refractivity contribution < 1.29 is 9.52 Å². The first-order chi connectivity index (χ1) is 13.8. The molecular formula is C27H44O2. The molecule has 3 fully saturated rings. The van der Waals surface area contributed by atoms with Gasteiger partial charge in [-0.05, 0) is 116 Å². The van der Waals surface area contributed by atoms with Gasteiger partial charge in [-0.15, -0.1) is 0 Å². The molecule has 3 aliphatic rings. The van der Waals surface area contributed by atoms with Gasteiger partial charge < -0.3 is 9.52 Å². The van der Waals surface area contributed by atoms with E-state index >= 15 is 0 Å². The highest BCUT2D eigenvalue weighted by Crippen LogP contribution is 2.69. The van der Waals surface area contributed by atoms with Gasteiger partial charge in [0.25, 0.3) is 0 Å². The SMILES string of the molecule is CC1(C)CCC[C@]2(C)[C@@H]3CC[C@@H](CCCO)[C@H](CCc4ccoc4)[C@@]3(C)CC[C@H]12. The van der Waals surface area contributed by atoms with E-state index in [1.54, 1.807) is 0 Å². The van der Waals surface area contributed by atoms with Crippen LogP contribution in [0.2, 0.25) is 0 Å². The smallest absolute Gasteiger partial charge is 0.0934 e. The van der Waals surface area contributed by atoms with Crippen molar-refractivity contribution in [1.29, 1.82) is 0 Å². The summed E-state index contributed by atoms with van der Waals surface area (Å²) in [4.78, 5) is 0. The lowest BCUT2D eigenvalue weighted by Gasteiger charge is -2.67. The van der Waals surface area contributed by atoms with E-state index in [9.17, 15) is 5.11 Å². The molecular weight excluding hydrogens is 356 g/mol. The van der Waals surface area contributed by atoms with Crippen LogP contribution in [0.15, 0.2) is 23.0 Å². The second-order valence-corrected chi connectivity index (χ2v) is 12.0. The minimum atomic E-state index is 0.346. The van der Waals surface area contributed by atoms with E-state index in [4.69, 9.17) is 4.42 Å². The molecule has 0 aliphatic heterocycles. The maximum absolute atomic E-state index is 9.50. The van der Waals surface area contributed by atoms with Crippen LogP contribution in [0.4, 0.5) is 0 Å². The summed E-state index contributed by atoms with van der Waals surface area (Å²) in [6, 6.07) is 2.15. The van der Waals surface area contributed by atoms with Crippen molar-refractivity contribution in [2.45, 2.75) is 98.3 Å². The van der Waals surface area contributed by atoms with Crippen LogP contribution in [0, 0.1) is 39.9 Å². The number of aliphatic hydroxyl groups is 1. The lowest BCUT2D eigenvalue weighted by molar-refractivity contribution is -0.176. The summed E-state index contributed by atoms with van der Waals surface area (Å²) in [5.41, 5.74) is 2.84. The third-order valence-corrected chi connectivity index (χ3v) is 10.1. The average Bonchev–Trinajstić information content (AvgIpc) is 3.17. The Bertz CT molecular complexity index is 662. The largest absolute Gasteiger partial charge is 0.472 e. The predicted molar refractivity (Wildman–Crippen MR) is 120 cm³/mol. The standard InChI is InChI=1S/C27H44O2/c1-25(2)14-6-15-27(4)23(25)12-16-26(3)22(10-8-20-13-18-29-19-20)21(7-5-17-28)9-11-24(26)27/h13,18-19,21-24,28H,5-12,14-17H2,1-4H3/t21-,22+,23-,24-,26-,27+/m1/s1. The Hall–Kier alpha value is -0.760. The van der Waals surface area contributed by atoms with Gasteiger partial charge in [-0.3, -0.25) is 0 Å². The highest BCUT2D eigenvalue weighted by molar-refractivity contribution is 5.12. The number of aryl methyl sites for hydroxylation is 1. The highest BCUT2D eigenvalue weighted by Gasteiger charge is 2.61. The second kappa shape index (κ2) is 8.06. The van der Waals surface area contributed by atoms with E-state index in [0.717, 1.165) is 36.5 Å². The van der Waals surface area contributed by atoms with E-state index in [0.29, 0.717) is 22.9 Å². The Morgan fingerprint density at radius 3 is 2.52 bits per heavy atom. The molecule has 2 heteroatoms. The molecule has 0 bridgehead atoms. The van der Waals surface area contributed by atoms with Crippen LogP contribution < -0.4 is 0 Å². The van der Waals surface area contributed by atoms with Crippen molar-refractivity contribution in [1.82, 2.24) is 0 Å². The van der Waals surface area contributed by atoms with E-state index in [1.165, 1.54) is 63.4 Å². The summed E-state index contributed by atoms with van der Waals surface area (Å²) in [6.45, 7) is 10.8. The van der Waals surface area contributed by atoms with Gasteiger partial charge in [0.1, 0.15) is 0 Å². The Labute approximate surface area is 178 Å². The number of hydrogen-bond donors (Lipinski definition) is 1. The Morgan fingerprint density at radius 2 is 1.79 bits per heavy atom. The zero-order chi connectivity index (χ0) is 20.7. The molecule has 1 aromatic rings. The van der Waals surface area contributed by atoms with Crippen molar-refractivity contribution in [3.05, 3.63) is 24.2 Å². The average molecular weight is 401 g/mol. The summed E-state index contributed by atoms with van der Waals surface area (Å²) in [5, 5.41) is 9.50. The van der Waals surface area contributed by atoms with Gasteiger partial charge in [0.15, 0.2) is 0 Å². The molecule has 2 nitrogen and oxygen atoms in total. The molecule has 4 rings (SSSR count). The first-order valence-electron chi connectivity index (χ1n) is 12.4. The predicted octanol–water partition coefficient (Wildman–Crippen LogP) is 7.26. The zero-order valence-corrected chi connectivity index (χ0v) is 19.4. The number of rotatable bonds is 6. The monoisotopic (exact) mass is 400 g/mol. The lowest BCUT2D eigenvalue weighted by Crippen LogP contribution is -2.59. The first kappa shape index (κ1) is 21.5. The Morgan fingerprint density at radius 1 is 0.966 bits per heavy atom. The Kier molecular flexibility index (Phi) is 5.97. The summed E-state index contributed by atoms with van der Waals surface area (Å²) in [6.07, 6.45) is 18.3. The Balaban J connectivity index is 1.61. The van der Waals surface area contributed by atoms with Crippen molar-refractivity contribution in [3.8, 4) is 0 Å². The van der Waals surface area contributed by atoms with E-state index < -0.39 is 0 Å². The number of aliphatic hydroxyl groups excluding tert-OH is 1. The van der Waals surface area contributed by atoms with Crippen LogP contribution in [0.1, 0.15) is 97.5 Å². The molecule has 6 atom stereocenters. The molecule has 0 amide bonds. The van der Waals surface area contributed by atoms with Crippen LogP contribution in [0.25, 0.3) is 0 Å². The van der Waals surface area contributed by atoms with Gasteiger partial charge in [0.05, 0.1) is 12.5 Å². The number of furan rings is 1. The molecule has 0 saturated heterocycles. The zero-order valence-electron chi connectivity index (χ0n) is 19.4. The fraction of sp³-hybridized carbons (Fsp3) is 0.852. The molecule has 1 N–H and O–H groups in total. The molecule has 0 unspecified atom stereocenters. The van der Waals surface area contributed by atoms with Gasteiger partial charge in [-0.2, -0.15) is 0 Å². The minimum absolute atomic E-state index is 0.346.